The molecule has 44 heavy (non-hydrogen) atoms. The number of fused-ring (bicyclic) bond motifs is 1. The summed E-state index contributed by atoms with van der Waals surface area (Å²) in [5, 5.41) is 13.3. The zero-order chi connectivity index (χ0) is 31.6. The van der Waals surface area contributed by atoms with Crippen LogP contribution in [0.1, 0.15) is 69.2 Å². The molecule has 1 aromatic carbocycles. The number of hydrogen-bond acceptors (Lipinski definition) is 7. The number of aromatic nitrogens is 3. The van der Waals surface area contributed by atoms with Crippen molar-refractivity contribution in [2.45, 2.75) is 77.9 Å². The predicted molar refractivity (Wildman–Crippen MR) is 162 cm³/mol. The van der Waals surface area contributed by atoms with E-state index in [4.69, 9.17) is 0 Å². The Morgan fingerprint density at radius 3 is 2.39 bits per heavy atom. The minimum atomic E-state index is -0.857. The molecule has 0 aliphatic carbocycles. The average molecular weight is 609 g/mol. The lowest BCUT2D eigenvalue weighted by Gasteiger charge is -2.27. The number of nitrogens with zero attached hydrogens (tertiary/aromatic N) is 5. The summed E-state index contributed by atoms with van der Waals surface area (Å²) in [6.45, 7) is 7.11. The van der Waals surface area contributed by atoms with Gasteiger partial charge in [-0.2, -0.15) is 5.10 Å². The first-order chi connectivity index (χ1) is 21.1. The van der Waals surface area contributed by atoms with Crippen molar-refractivity contribution in [2.24, 2.45) is 5.92 Å². The maximum absolute atomic E-state index is 13.7. The molecule has 0 unspecified atom stereocenters. The van der Waals surface area contributed by atoms with Crippen LogP contribution in [-0.2, 0) is 36.9 Å². The number of carbonyl (C=O) groups is 5. The van der Waals surface area contributed by atoms with Crippen molar-refractivity contribution in [1.29, 1.82) is 0 Å². The number of carbonyl (C=O) groups excluding carboxylic acids is 5. The van der Waals surface area contributed by atoms with Crippen LogP contribution < -0.4 is 16.0 Å². The lowest BCUT2D eigenvalue weighted by atomic mass is 10.0. The van der Waals surface area contributed by atoms with E-state index in [9.17, 15) is 24.0 Å². The number of rotatable bonds is 5. The average Bonchev–Trinajstić information content (AvgIpc) is 3.55. The Kier molecular flexibility index (Phi) is 11.4. The Labute approximate surface area is 258 Å². The highest BCUT2D eigenvalue weighted by Crippen LogP contribution is 2.21. The summed E-state index contributed by atoms with van der Waals surface area (Å²) in [5.41, 5.74) is 0.889. The van der Waals surface area contributed by atoms with E-state index in [1.165, 1.54) is 4.68 Å². The van der Waals surface area contributed by atoms with Gasteiger partial charge in [0.2, 0.25) is 29.5 Å². The van der Waals surface area contributed by atoms with E-state index in [1.54, 1.807) is 16.7 Å². The van der Waals surface area contributed by atoms with E-state index in [0.717, 1.165) is 12.0 Å². The second-order valence-electron chi connectivity index (χ2n) is 11.8. The zero-order valence-electron chi connectivity index (χ0n) is 25.9. The van der Waals surface area contributed by atoms with E-state index in [0.29, 0.717) is 57.1 Å². The number of hydrogen-bond donors (Lipinski definition) is 3. The van der Waals surface area contributed by atoms with Gasteiger partial charge < -0.3 is 25.8 Å². The molecular weight excluding hydrogens is 564 g/mol. The summed E-state index contributed by atoms with van der Waals surface area (Å²) in [4.78, 5) is 72.8. The van der Waals surface area contributed by atoms with Crippen LogP contribution in [0.25, 0.3) is 0 Å². The minimum absolute atomic E-state index is 0.00214. The highest BCUT2D eigenvalue weighted by atomic mass is 16.2. The fraction of sp³-hybridized carbons (Fsp3) is 0.581. The molecule has 4 rings (SSSR count). The second kappa shape index (κ2) is 15.4. The molecule has 5 amide bonds. The first-order valence-electron chi connectivity index (χ1n) is 15.5. The molecule has 1 saturated heterocycles. The molecule has 0 radical (unpaired) electrons. The Hall–Kier alpha value is -4.29. The van der Waals surface area contributed by atoms with Gasteiger partial charge in [0, 0.05) is 45.4 Å². The number of likely N-dealkylation sites (tertiary alicyclic amines) is 1. The molecule has 2 aliphatic rings. The number of nitrogens with one attached hydrogen (secondary N) is 3. The van der Waals surface area contributed by atoms with E-state index < -0.39 is 12.1 Å². The SMILES string of the molecule is Cc1nc2n(n1)CC(=O)NCCCN(C(=O)CN1CCCC1=O)CCCC(=O)N[C@H](Cc1ccccc1)C(=O)N[C@H]2C(C)C. The fourth-order valence-corrected chi connectivity index (χ4v) is 5.54. The van der Waals surface area contributed by atoms with Gasteiger partial charge in [0.05, 0.1) is 12.6 Å². The largest absolute Gasteiger partial charge is 0.354 e. The standard InChI is InChI=1S/C31H44N8O5/c1-21(2)29-30-33-22(3)36-39(30)19-26(41)32-14-9-17-37(28(43)20-38-16-8-13-27(38)42)15-7-12-25(40)34-24(31(44)35-29)18-23-10-5-4-6-11-23/h4-6,10-11,21,24,29H,7-9,12-20H2,1-3H3,(H,32,41)(H,34,40)(H,35,44)/t24-,29+/m1/s1. The molecule has 2 aliphatic heterocycles. The van der Waals surface area contributed by atoms with E-state index in [1.807, 2.05) is 44.2 Å². The lowest BCUT2D eigenvalue weighted by molar-refractivity contribution is -0.138. The monoisotopic (exact) mass is 608 g/mol. The van der Waals surface area contributed by atoms with E-state index in [-0.39, 0.29) is 61.4 Å². The number of benzene rings is 1. The zero-order valence-corrected chi connectivity index (χ0v) is 25.9. The van der Waals surface area contributed by atoms with Crippen LogP contribution >= 0.6 is 0 Å². The van der Waals surface area contributed by atoms with Gasteiger partial charge >= 0.3 is 0 Å². The van der Waals surface area contributed by atoms with Crippen molar-refractivity contribution in [1.82, 2.24) is 40.5 Å². The predicted octanol–water partition coefficient (Wildman–Crippen LogP) is 0.878. The third kappa shape index (κ3) is 9.10. The summed E-state index contributed by atoms with van der Waals surface area (Å²) in [6.07, 6.45) is 2.47. The van der Waals surface area contributed by atoms with Crippen LogP contribution in [0.4, 0.5) is 0 Å². The molecule has 0 bridgehead atoms. The molecule has 3 N–H and O–H groups in total. The Balaban J connectivity index is 1.56. The van der Waals surface area contributed by atoms with Gasteiger partial charge in [0.25, 0.3) is 0 Å². The van der Waals surface area contributed by atoms with Crippen molar-refractivity contribution < 1.29 is 24.0 Å². The molecule has 0 spiro atoms. The van der Waals surface area contributed by atoms with Crippen molar-refractivity contribution in [3.05, 3.63) is 47.5 Å². The molecule has 0 saturated carbocycles. The summed E-state index contributed by atoms with van der Waals surface area (Å²) in [5.74, 6) is -0.300. The van der Waals surface area contributed by atoms with Gasteiger partial charge in [-0.25, -0.2) is 9.67 Å². The fourth-order valence-electron chi connectivity index (χ4n) is 5.54. The number of amides is 5. The molecule has 1 aromatic heterocycles. The normalized spacial score (nSPS) is 21.3. The second-order valence-corrected chi connectivity index (χ2v) is 11.8. The van der Waals surface area contributed by atoms with E-state index >= 15 is 0 Å². The summed E-state index contributed by atoms with van der Waals surface area (Å²) < 4.78 is 1.51. The van der Waals surface area contributed by atoms with Gasteiger partial charge in [-0.05, 0) is 37.7 Å². The first-order valence-corrected chi connectivity index (χ1v) is 15.5. The minimum Gasteiger partial charge on any atom is -0.354 e. The van der Waals surface area contributed by atoms with E-state index in [2.05, 4.69) is 26.0 Å². The molecule has 238 valence electrons. The molecule has 3 heterocycles. The molecular formula is C31H44N8O5. The van der Waals surface area contributed by atoms with Gasteiger partial charge in [0.1, 0.15) is 18.4 Å². The quantitative estimate of drug-likeness (QED) is 0.455. The Morgan fingerprint density at radius 1 is 0.955 bits per heavy atom. The molecule has 2 aromatic rings. The maximum atomic E-state index is 13.7. The third-order valence-electron chi connectivity index (χ3n) is 7.89. The van der Waals surface area contributed by atoms with Crippen LogP contribution in [0.15, 0.2) is 30.3 Å². The summed E-state index contributed by atoms with van der Waals surface area (Å²) in [7, 11) is 0. The smallest absolute Gasteiger partial charge is 0.243 e. The first kappa shape index (κ1) is 32.6. The van der Waals surface area contributed by atoms with Gasteiger partial charge in [-0.1, -0.05) is 44.2 Å². The highest BCUT2D eigenvalue weighted by Gasteiger charge is 2.30. The molecule has 2 atom stereocenters. The summed E-state index contributed by atoms with van der Waals surface area (Å²) >= 11 is 0. The van der Waals surface area contributed by atoms with Crippen LogP contribution in [0, 0.1) is 12.8 Å². The molecule has 13 nitrogen and oxygen atoms in total. The van der Waals surface area contributed by atoms with Gasteiger partial charge in [-0.15, -0.1) is 0 Å². The van der Waals surface area contributed by atoms with Gasteiger partial charge in [0.15, 0.2) is 5.82 Å². The molecule has 13 heteroatoms. The highest BCUT2D eigenvalue weighted by molar-refractivity contribution is 5.88. The number of aryl methyl sites for hydroxylation is 1. The van der Waals surface area contributed by atoms with Crippen LogP contribution in [-0.4, -0.2) is 92.9 Å². The van der Waals surface area contributed by atoms with Crippen LogP contribution in [0.2, 0.25) is 0 Å². The van der Waals surface area contributed by atoms with Gasteiger partial charge in [-0.3, -0.25) is 24.0 Å². The van der Waals surface area contributed by atoms with Crippen LogP contribution in [0.3, 0.4) is 0 Å². The molecule has 1 fully saturated rings. The van der Waals surface area contributed by atoms with Crippen molar-refractivity contribution in [3.63, 3.8) is 0 Å². The van der Waals surface area contributed by atoms with Crippen molar-refractivity contribution >= 4 is 29.5 Å². The van der Waals surface area contributed by atoms with Crippen molar-refractivity contribution in [3.8, 4) is 0 Å². The topological polar surface area (TPSA) is 159 Å². The van der Waals surface area contributed by atoms with Crippen LogP contribution in [0.5, 0.6) is 0 Å². The third-order valence-corrected chi connectivity index (χ3v) is 7.89. The summed E-state index contributed by atoms with van der Waals surface area (Å²) in [6, 6.07) is 8.04. The van der Waals surface area contributed by atoms with Crippen molar-refractivity contribution in [2.75, 3.05) is 32.7 Å². The lowest BCUT2D eigenvalue weighted by Crippen LogP contribution is -2.50. The Bertz CT molecular complexity index is 1330. The Morgan fingerprint density at radius 2 is 1.68 bits per heavy atom. The maximum Gasteiger partial charge on any atom is 0.243 e.